The van der Waals surface area contributed by atoms with Gasteiger partial charge in [-0.25, -0.2) is 0 Å². The molecule has 0 aromatic heterocycles. The fraction of sp³-hybridized carbons (Fsp3) is 0.350. The lowest BCUT2D eigenvalue weighted by atomic mass is 10.0. The van der Waals surface area contributed by atoms with Crippen LogP contribution >= 0.6 is 0 Å². The van der Waals surface area contributed by atoms with Gasteiger partial charge in [0, 0.05) is 24.8 Å². The number of piperidine rings is 1. The maximum absolute atomic E-state index is 12.9. The number of benzene rings is 2. The first-order valence-electron chi connectivity index (χ1n) is 8.88. The fourth-order valence-corrected chi connectivity index (χ4v) is 3.25. The minimum atomic E-state index is -4.41. The SMILES string of the molecule is CNC1CCN(C(=O)c2ccccc2Nc2cccc(C(F)(F)F)c2)CC1. The maximum atomic E-state index is 12.9. The van der Waals surface area contributed by atoms with Crippen LogP contribution in [-0.2, 0) is 6.18 Å². The van der Waals surface area contributed by atoms with E-state index in [1.54, 1.807) is 35.2 Å². The van der Waals surface area contributed by atoms with Gasteiger partial charge in [0.2, 0.25) is 0 Å². The van der Waals surface area contributed by atoms with Crippen LogP contribution in [-0.4, -0.2) is 37.0 Å². The Labute approximate surface area is 156 Å². The number of hydrogen-bond acceptors (Lipinski definition) is 3. The third-order valence-corrected chi connectivity index (χ3v) is 4.82. The van der Waals surface area contributed by atoms with Crippen LogP contribution in [0.25, 0.3) is 0 Å². The number of anilines is 2. The van der Waals surface area contributed by atoms with E-state index in [2.05, 4.69) is 10.6 Å². The molecule has 2 aromatic carbocycles. The number of hydrogen-bond donors (Lipinski definition) is 2. The Morgan fingerprint density at radius 3 is 2.44 bits per heavy atom. The molecule has 0 atom stereocenters. The van der Waals surface area contributed by atoms with Crippen LogP contribution in [0, 0.1) is 0 Å². The molecule has 1 saturated heterocycles. The molecule has 0 bridgehead atoms. The molecule has 1 fully saturated rings. The van der Waals surface area contributed by atoms with Gasteiger partial charge in [-0.2, -0.15) is 13.2 Å². The third kappa shape index (κ3) is 4.60. The van der Waals surface area contributed by atoms with Crippen LogP contribution in [0.3, 0.4) is 0 Å². The number of nitrogens with zero attached hydrogens (tertiary/aromatic N) is 1. The van der Waals surface area contributed by atoms with Crippen molar-refractivity contribution in [3.8, 4) is 0 Å². The van der Waals surface area contributed by atoms with E-state index >= 15 is 0 Å². The quantitative estimate of drug-likeness (QED) is 0.836. The van der Waals surface area contributed by atoms with Gasteiger partial charge in [0.05, 0.1) is 16.8 Å². The fourth-order valence-electron chi connectivity index (χ4n) is 3.25. The van der Waals surface area contributed by atoms with Crippen LogP contribution in [0.2, 0.25) is 0 Å². The van der Waals surface area contributed by atoms with Gasteiger partial charge in [0.25, 0.3) is 5.91 Å². The van der Waals surface area contributed by atoms with Gasteiger partial charge in [-0.15, -0.1) is 0 Å². The number of para-hydroxylation sites is 1. The van der Waals surface area contributed by atoms with Gasteiger partial charge in [0.1, 0.15) is 0 Å². The largest absolute Gasteiger partial charge is 0.416 e. The lowest BCUT2D eigenvalue weighted by molar-refractivity contribution is -0.137. The number of alkyl halides is 3. The summed E-state index contributed by atoms with van der Waals surface area (Å²) in [6.45, 7) is 1.31. The molecule has 27 heavy (non-hydrogen) atoms. The molecule has 7 heteroatoms. The van der Waals surface area contributed by atoms with E-state index in [1.165, 1.54) is 6.07 Å². The highest BCUT2D eigenvalue weighted by Gasteiger charge is 2.30. The Kier molecular flexibility index (Phi) is 5.70. The second-order valence-corrected chi connectivity index (χ2v) is 6.60. The van der Waals surface area contributed by atoms with Crippen molar-refractivity contribution in [2.45, 2.75) is 25.1 Å². The molecule has 1 aliphatic rings. The summed E-state index contributed by atoms with van der Waals surface area (Å²) in [5.41, 5.74) is 0.514. The summed E-state index contributed by atoms with van der Waals surface area (Å²) >= 11 is 0. The number of rotatable bonds is 4. The summed E-state index contributed by atoms with van der Waals surface area (Å²) in [5.74, 6) is -0.111. The minimum Gasteiger partial charge on any atom is -0.355 e. The zero-order valence-corrected chi connectivity index (χ0v) is 15.0. The van der Waals surface area contributed by atoms with Gasteiger partial charge in [-0.3, -0.25) is 4.79 Å². The van der Waals surface area contributed by atoms with Crippen molar-refractivity contribution in [3.63, 3.8) is 0 Å². The van der Waals surface area contributed by atoms with Gasteiger partial charge in [-0.1, -0.05) is 18.2 Å². The molecule has 2 aromatic rings. The first-order chi connectivity index (χ1) is 12.9. The molecule has 3 rings (SSSR count). The zero-order valence-electron chi connectivity index (χ0n) is 15.0. The topological polar surface area (TPSA) is 44.4 Å². The molecule has 1 amide bonds. The minimum absolute atomic E-state index is 0.111. The monoisotopic (exact) mass is 377 g/mol. The molecule has 0 unspecified atom stereocenters. The van der Waals surface area contributed by atoms with Crippen molar-refractivity contribution in [2.75, 3.05) is 25.5 Å². The normalized spacial score (nSPS) is 15.6. The van der Waals surface area contributed by atoms with Crippen LogP contribution in [0.4, 0.5) is 24.5 Å². The van der Waals surface area contributed by atoms with Gasteiger partial charge in [0.15, 0.2) is 0 Å². The molecule has 144 valence electrons. The predicted octanol–water partition coefficient (Wildman–Crippen LogP) is 4.27. The van der Waals surface area contributed by atoms with Crippen molar-refractivity contribution in [3.05, 3.63) is 59.7 Å². The van der Waals surface area contributed by atoms with Gasteiger partial charge < -0.3 is 15.5 Å². The molecule has 1 aliphatic heterocycles. The van der Waals surface area contributed by atoms with Crippen LogP contribution in [0.15, 0.2) is 48.5 Å². The van der Waals surface area contributed by atoms with E-state index in [1.807, 2.05) is 7.05 Å². The first-order valence-corrected chi connectivity index (χ1v) is 8.88. The number of carbonyl (C=O) groups excluding carboxylic acids is 1. The van der Waals surface area contributed by atoms with Crippen LogP contribution < -0.4 is 10.6 Å². The van der Waals surface area contributed by atoms with E-state index in [-0.39, 0.29) is 5.91 Å². The molecule has 0 radical (unpaired) electrons. The highest BCUT2D eigenvalue weighted by Crippen LogP contribution is 2.32. The Balaban J connectivity index is 1.80. The molecule has 2 N–H and O–H groups in total. The molecule has 0 saturated carbocycles. The smallest absolute Gasteiger partial charge is 0.355 e. The zero-order chi connectivity index (χ0) is 19.4. The number of nitrogens with one attached hydrogen (secondary N) is 2. The van der Waals surface area contributed by atoms with Crippen molar-refractivity contribution in [1.82, 2.24) is 10.2 Å². The van der Waals surface area contributed by atoms with Gasteiger partial charge >= 0.3 is 6.18 Å². The van der Waals surface area contributed by atoms with Gasteiger partial charge in [-0.05, 0) is 50.2 Å². The Morgan fingerprint density at radius 1 is 1.07 bits per heavy atom. The van der Waals surface area contributed by atoms with E-state index < -0.39 is 11.7 Å². The lowest BCUT2D eigenvalue weighted by Gasteiger charge is -2.32. The number of carbonyl (C=O) groups is 1. The van der Waals surface area contributed by atoms with Crippen molar-refractivity contribution in [1.29, 1.82) is 0 Å². The summed E-state index contributed by atoms with van der Waals surface area (Å²) in [5, 5.41) is 6.19. The van der Waals surface area contributed by atoms with E-state index in [0.717, 1.165) is 25.0 Å². The summed E-state index contributed by atoms with van der Waals surface area (Å²) < 4.78 is 38.8. The van der Waals surface area contributed by atoms with E-state index in [4.69, 9.17) is 0 Å². The highest BCUT2D eigenvalue weighted by atomic mass is 19.4. The maximum Gasteiger partial charge on any atom is 0.416 e. The standard InChI is InChI=1S/C20H22F3N3O/c1-24-15-9-11-26(12-10-15)19(27)17-7-2-3-8-18(17)25-16-6-4-5-14(13-16)20(21,22)23/h2-8,13,15,24-25H,9-12H2,1H3. The van der Waals surface area contributed by atoms with Crippen LogP contribution in [0.5, 0.6) is 0 Å². The average molecular weight is 377 g/mol. The molecule has 0 aliphatic carbocycles. The Bertz CT molecular complexity index is 799. The van der Waals surface area contributed by atoms with Crippen molar-refractivity contribution >= 4 is 17.3 Å². The summed E-state index contributed by atoms with van der Waals surface area (Å²) in [7, 11) is 1.91. The Hall–Kier alpha value is -2.54. The second kappa shape index (κ2) is 8.00. The van der Waals surface area contributed by atoms with Crippen molar-refractivity contribution < 1.29 is 18.0 Å². The first kappa shape index (κ1) is 19.2. The predicted molar refractivity (Wildman–Crippen MR) is 99.2 cm³/mol. The number of likely N-dealkylation sites (tertiary alicyclic amines) is 1. The van der Waals surface area contributed by atoms with E-state index in [0.29, 0.717) is 36.1 Å². The summed E-state index contributed by atoms with van der Waals surface area (Å²) in [6, 6.07) is 12.3. The highest BCUT2D eigenvalue weighted by molar-refractivity contribution is 6.00. The molecule has 1 heterocycles. The van der Waals surface area contributed by atoms with Crippen molar-refractivity contribution in [2.24, 2.45) is 0 Å². The molecular formula is C20H22F3N3O. The molecule has 0 spiro atoms. The molecule has 4 nitrogen and oxygen atoms in total. The summed E-state index contributed by atoms with van der Waals surface area (Å²) in [6.07, 6.45) is -2.65. The second-order valence-electron chi connectivity index (χ2n) is 6.60. The number of halogens is 3. The van der Waals surface area contributed by atoms with Crippen LogP contribution in [0.1, 0.15) is 28.8 Å². The number of amides is 1. The van der Waals surface area contributed by atoms with E-state index in [9.17, 15) is 18.0 Å². The summed E-state index contributed by atoms with van der Waals surface area (Å²) in [4.78, 5) is 14.7. The average Bonchev–Trinajstić information content (AvgIpc) is 2.67. The Morgan fingerprint density at radius 2 is 1.78 bits per heavy atom. The lowest BCUT2D eigenvalue weighted by Crippen LogP contribution is -2.44. The third-order valence-electron chi connectivity index (χ3n) is 4.82. The molecular weight excluding hydrogens is 355 g/mol.